The Morgan fingerprint density at radius 1 is 1.15 bits per heavy atom. The number of H-pyrrole nitrogens is 1. The minimum atomic E-state index is -0.335. The topological polar surface area (TPSA) is 101 Å². The quantitative estimate of drug-likeness (QED) is 0.426. The molecular formula is C18H15N7O. The number of rotatable bonds is 5. The number of aromatic amines is 1. The first-order valence-electron chi connectivity index (χ1n) is 8.01. The Balaban J connectivity index is 1.38. The van der Waals surface area contributed by atoms with Crippen molar-refractivity contribution in [2.75, 3.05) is 0 Å². The fraction of sp³-hybridized carbons (Fsp3) is 0.0556. The molecular weight excluding hydrogens is 330 g/mol. The largest absolute Gasteiger partial charge is 0.361 e. The number of amides is 1. The van der Waals surface area contributed by atoms with Crippen LogP contribution in [0.4, 0.5) is 0 Å². The highest BCUT2D eigenvalue weighted by molar-refractivity contribution is 5.99. The maximum absolute atomic E-state index is 12.0. The van der Waals surface area contributed by atoms with E-state index >= 15 is 0 Å². The maximum atomic E-state index is 12.0. The van der Waals surface area contributed by atoms with E-state index < -0.39 is 0 Å². The van der Waals surface area contributed by atoms with Gasteiger partial charge in [0.05, 0.1) is 6.21 Å². The Bertz CT molecular complexity index is 1070. The van der Waals surface area contributed by atoms with Gasteiger partial charge in [-0.05, 0) is 11.3 Å². The molecule has 0 aliphatic rings. The molecule has 8 heteroatoms. The van der Waals surface area contributed by atoms with Crippen molar-refractivity contribution in [1.82, 2.24) is 30.6 Å². The highest BCUT2D eigenvalue weighted by atomic mass is 16.2. The van der Waals surface area contributed by atoms with Crippen LogP contribution in [0, 0.1) is 0 Å². The lowest BCUT2D eigenvalue weighted by Gasteiger charge is -1.98. The molecule has 0 unspecified atom stereocenters. The van der Waals surface area contributed by atoms with E-state index in [1.165, 1.54) is 4.80 Å². The van der Waals surface area contributed by atoms with Crippen molar-refractivity contribution < 1.29 is 4.79 Å². The number of hydrogen-bond acceptors (Lipinski definition) is 5. The van der Waals surface area contributed by atoms with Crippen molar-refractivity contribution in [1.29, 1.82) is 0 Å². The number of benzene rings is 2. The molecule has 128 valence electrons. The van der Waals surface area contributed by atoms with Crippen molar-refractivity contribution in [2.45, 2.75) is 6.54 Å². The summed E-state index contributed by atoms with van der Waals surface area (Å²) in [5.74, 6) is 0.138. The average Bonchev–Trinajstić information content (AvgIpc) is 3.30. The SMILES string of the molecule is O=C(Cn1nnc(-c2ccccc2)n1)N/N=C\c1c[nH]c2ccccc12. The number of para-hydroxylation sites is 1. The van der Waals surface area contributed by atoms with E-state index in [4.69, 9.17) is 0 Å². The lowest BCUT2D eigenvalue weighted by Crippen LogP contribution is -2.24. The zero-order chi connectivity index (χ0) is 17.8. The first-order valence-corrected chi connectivity index (χ1v) is 8.01. The number of aromatic nitrogens is 5. The minimum absolute atomic E-state index is 0.0644. The number of nitrogens with zero attached hydrogens (tertiary/aromatic N) is 5. The van der Waals surface area contributed by atoms with Crippen LogP contribution in [0.15, 0.2) is 65.9 Å². The number of hydrazone groups is 1. The third-order valence-electron chi connectivity index (χ3n) is 3.78. The van der Waals surface area contributed by atoms with Crippen LogP contribution in [0.1, 0.15) is 5.56 Å². The van der Waals surface area contributed by atoms with Crippen LogP contribution in [0.2, 0.25) is 0 Å². The average molecular weight is 345 g/mol. The van der Waals surface area contributed by atoms with Crippen LogP contribution < -0.4 is 5.43 Å². The molecule has 2 aromatic carbocycles. The molecule has 0 bridgehead atoms. The van der Waals surface area contributed by atoms with Gasteiger partial charge in [-0.15, -0.1) is 10.2 Å². The third kappa shape index (κ3) is 3.34. The molecule has 4 aromatic rings. The van der Waals surface area contributed by atoms with Crippen molar-refractivity contribution in [3.63, 3.8) is 0 Å². The number of nitrogens with one attached hydrogen (secondary N) is 2. The van der Waals surface area contributed by atoms with Crippen molar-refractivity contribution in [3.8, 4) is 11.4 Å². The normalized spacial score (nSPS) is 11.2. The number of tetrazole rings is 1. The zero-order valence-electron chi connectivity index (χ0n) is 13.7. The zero-order valence-corrected chi connectivity index (χ0v) is 13.7. The maximum Gasteiger partial charge on any atom is 0.263 e. The van der Waals surface area contributed by atoms with Crippen LogP contribution in [-0.4, -0.2) is 37.3 Å². The van der Waals surface area contributed by atoms with Crippen LogP contribution >= 0.6 is 0 Å². The van der Waals surface area contributed by atoms with Gasteiger partial charge in [-0.25, -0.2) is 5.43 Å². The molecule has 0 radical (unpaired) electrons. The summed E-state index contributed by atoms with van der Waals surface area (Å²) in [6, 6.07) is 17.3. The lowest BCUT2D eigenvalue weighted by molar-refractivity contribution is -0.122. The summed E-state index contributed by atoms with van der Waals surface area (Å²) in [6.07, 6.45) is 3.44. The number of hydrogen-bond donors (Lipinski definition) is 2. The molecule has 2 aromatic heterocycles. The summed E-state index contributed by atoms with van der Waals surface area (Å²) in [6.45, 7) is -0.0644. The molecule has 2 N–H and O–H groups in total. The fourth-order valence-corrected chi connectivity index (χ4v) is 2.55. The first-order chi connectivity index (χ1) is 12.8. The number of carbonyl (C=O) groups is 1. The van der Waals surface area contributed by atoms with Gasteiger partial charge in [0.2, 0.25) is 5.82 Å². The van der Waals surface area contributed by atoms with Crippen LogP contribution in [0.3, 0.4) is 0 Å². The second-order valence-corrected chi connectivity index (χ2v) is 5.59. The van der Waals surface area contributed by atoms with Gasteiger partial charge in [0.15, 0.2) is 0 Å². The summed E-state index contributed by atoms with van der Waals surface area (Å²) in [5, 5.41) is 17.1. The van der Waals surface area contributed by atoms with E-state index in [-0.39, 0.29) is 12.5 Å². The van der Waals surface area contributed by atoms with Gasteiger partial charge in [-0.1, -0.05) is 48.5 Å². The van der Waals surface area contributed by atoms with Crippen LogP contribution in [-0.2, 0) is 11.3 Å². The van der Waals surface area contributed by atoms with Gasteiger partial charge in [-0.3, -0.25) is 4.79 Å². The lowest BCUT2D eigenvalue weighted by atomic mass is 10.2. The Morgan fingerprint density at radius 2 is 1.96 bits per heavy atom. The van der Waals surface area contributed by atoms with E-state index in [1.807, 2.05) is 60.8 Å². The molecule has 4 rings (SSSR count). The Morgan fingerprint density at radius 3 is 2.85 bits per heavy atom. The first kappa shape index (κ1) is 15.7. The summed E-state index contributed by atoms with van der Waals surface area (Å²) in [7, 11) is 0. The highest BCUT2D eigenvalue weighted by Gasteiger charge is 2.08. The predicted molar refractivity (Wildman–Crippen MR) is 97.3 cm³/mol. The number of fused-ring (bicyclic) bond motifs is 1. The molecule has 0 saturated carbocycles. The van der Waals surface area contributed by atoms with E-state index in [0.29, 0.717) is 5.82 Å². The van der Waals surface area contributed by atoms with Crippen molar-refractivity contribution in [2.24, 2.45) is 5.10 Å². The summed E-state index contributed by atoms with van der Waals surface area (Å²) in [4.78, 5) is 16.4. The Kier molecular flexibility index (Phi) is 4.21. The van der Waals surface area contributed by atoms with E-state index in [9.17, 15) is 4.79 Å². The van der Waals surface area contributed by atoms with E-state index in [1.54, 1.807) is 6.21 Å². The van der Waals surface area contributed by atoms with Gasteiger partial charge >= 0.3 is 0 Å². The molecule has 0 spiro atoms. The van der Waals surface area contributed by atoms with Crippen LogP contribution in [0.25, 0.3) is 22.3 Å². The molecule has 0 atom stereocenters. The smallest absolute Gasteiger partial charge is 0.263 e. The van der Waals surface area contributed by atoms with Crippen molar-refractivity contribution >= 4 is 23.0 Å². The predicted octanol–water partition coefficient (Wildman–Crippen LogP) is 1.97. The van der Waals surface area contributed by atoms with Gasteiger partial charge in [0.25, 0.3) is 5.91 Å². The highest BCUT2D eigenvalue weighted by Crippen LogP contribution is 2.15. The van der Waals surface area contributed by atoms with Crippen molar-refractivity contribution in [3.05, 3.63) is 66.4 Å². The van der Waals surface area contributed by atoms with Gasteiger partial charge in [0, 0.05) is 28.2 Å². The molecule has 0 saturated heterocycles. The van der Waals surface area contributed by atoms with Gasteiger partial charge in [0.1, 0.15) is 6.54 Å². The molecule has 26 heavy (non-hydrogen) atoms. The Labute approximate surface area is 148 Å². The second-order valence-electron chi connectivity index (χ2n) is 5.59. The number of carbonyl (C=O) groups excluding carboxylic acids is 1. The summed E-state index contributed by atoms with van der Waals surface area (Å²) >= 11 is 0. The van der Waals surface area contributed by atoms with Gasteiger partial charge < -0.3 is 4.98 Å². The molecule has 1 amide bonds. The molecule has 0 fully saturated rings. The molecule has 8 nitrogen and oxygen atoms in total. The summed E-state index contributed by atoms with van der Waals surface area (Å²) in [5.41, 5.74) is 5.22. The molecule has 2 heterocycles. The second kappa shape index (κ2) is 6.98. The standard InChI is InChI=1S/C18H15N7O/c26-17(12-25-23-18(22-24-25)13-6-2-1-3-7-13)21-20-11-14-10-19-16-9-5-4-8-15(14)16/h1-11,19H,12H2,(H,21,26)/b20-11-. The summed E-state index contributed by atoms with van der Waals surface area (Å²) < 4.78 is 0. The monoisotopic (exact) mass is 345 g/mol. The molecule has 0 aliphatic carbocycles. The van der Waals surface area contributed by atoms with E-state index in [2.05, 4.69) is 30.9 Å². The molecule has 0 aliphatic heterocycles. The van der Waals surface area contributed by atoms with Gasteiger partial charge in [-0.2, -0.15) is 9.90 Å². The third-order valence-corrected chi connectivity index (χ3v) is 3.78. The Hall–Kier alpha value is -3.81. The van der Waals surface area contributed by atoms with Crippen LogP contribution in [0.5, 0.6) is 0 Å². The fourth-order valence-electron chi connectivity index (χ4n) is 2.55. The minimum Gasteiger partial charge on any atom is -0.361 e. The van der Waals surface area contributed by atoms with E-state index in [0.717, 1.165) is 22.0 Å².